The Hall–Kier alpha value is -0.900. The molecule has 0 aliphatic heterocycles. The van der Waals surface area contributed by atoms with Gasteiger partial charge in [-0.3, -0.25) is 4.79 Å². The molecule has 0 radical (unpaired) electrons. The predicted molar refractivity (Wildman–Crippen MR) is 68.7 cm³/mol. The lowest BCUT2D eigenvalue weighted by Crippen LogP contribution is -2.17. The monoisotopic (exact) mass is 240 g/mol. The van der Waals surface area contributed by atoms with Crippen LogP contribution in [-0.4, -0.2) is 10.9 Å². The fraction of sp³-hybridized carbons (Fsp3) is 0.667. The quantitative estimate of drug-likeness (QED) is 0.880. The van der Waals surface area contributed by atoms with Gasteiger partial charge in [0.25, 0.3) is 0 Å². The van der Waals surface area contributed by atoms with E-state index in [1.165, 1.54) is 11.3 Å². The van der Waals surface area contributed by atoms with Gasteiger partial charge in [-0.2, -0.15) is 0 Å². The van der Waals surface area contributed by atoms with E-state index in [2.05, 4.69) is 31.1 Å². The van der Waals surface area contributed by atoms with Crippen molar-refractivity contribution in [3.63, 3.8) is 0 Å². The lowest BCUT2D eigenvalue weighted by atomic mass is 9.91. The van der Waals surface area contributed by atoms with E-state index in [-0.39, 0.29) is 17.2 Å². The van der Waals surface area contributed by atoms with Crippen LogP contribution in [0.1, 0.15) is 40.3 Å². The first kappa shape index (κ1) is 13.2. The van der Waals surface area contributed by atoms with E-state index in [4.69, 9.17) is 0 Å². The van der Waals surface area contributed by atoms with Crippen LogP contribution in [0.25, 0.3) is 0 Å². The third-order valence-corrected chi connectivity index (χ3v) is 2.82. The molecule has 3 nitrogen and oxygen atoms in total. The number of aromatic nitrogens is 1. The predicted octanol–water partition coefficient (Wildman–Crippen LogP) is 3.33. The molecular weight excluding hydrogens is 220 g/mol. The van der Waals surface area contributed by atoms with Crippen molar-refractivity contribution in [3.05, 3.63) is 11.1 Å². The van der Waals surface area contributed by atoms with Crippen LogP contribution in [0.4, 0.5) is 5.13 Å². The highest BCUT2D eigenvalue weighted by molar-refractivity contribution is 7.13. The number of thiazole rings is 1. The fourth-order valence-corrected chi connectivity index (χ4v) is 1.95. The third kappa shape index (κ3) is 4.31. The molecule has 16 heavy (non-hydrogen) atoms. The van der Waals surface area contributed by atoms with Gasteiger partial charge in [0.05, 0.1) is 5.69 Å². The molecule has 1 aromatic heterocycles. The van der Waals surface area contributed by atoms with Crippen LogP contribution in [0.15, 0.2) is 5.38 Å². The highest BCUT2D eigenvalue weighted by atomic mass is 32.1. The molecule has 0 unspecified atom stereocenters. The van der Waals surface area contributed by atoms with Crippen molar-refractivity contribution in [3.8, 4) is 0 Å². The van der Waals surface area contributed by atoms with E-state index in [0.717, 1.165) is 12.1 Å². The molecule has 0 atom stereocenters. The molecule has 0 aliphatic rings. The fourth-order valence-electron chi connectivity index (χ4n) is 1.24. The zero-order chi connectivity index (χ0) is 12.3. The van der Waals surface area contributed by atoms with Gasteiger partial charge in [-0.15, -0.1) is 11.3 Å². The summed E-state index contributed by atoms with van der Waals surface area (Å²) >= 11 is 1.49. The first-order chi connectivity index (χ1) is 7.28. The number of carbonyl (C=O) groups is 1. The molecule has 1 rings (SSSR count). The maximum atomic E-state index is 11.5. The molecule has 4 heteroatoms. The number of carbonyl (C=O) groups excluding carboxylic acids is 1. The molecule has 1 aromatic rings. The molecular formula is C12H20N2OS. The minimum atomic E-state index is -0.00466. The van der Waals surface area contributed by atoms with Crippen molar-refractivity contribution in [2.45, 2.75) is 41.0 Å². The molecule has 0 fully saturated rings. The summed E-state index contributed by atoms with van der Waals surface area (Å²) in [4.78, 5) is 15.9. The Balaban J connectivity index is 2.62. The van der Waals surface area contributed by atoms with Gasteiger partial charge in [-0.25, -0.2) is 4.98 Å². The lowest BCUT2D eigenvalue weighted by Gasteiger charge is -2.15. The summed E-state index contributed by atoms with van der Waals surface area (Å²) in [7, 11) is 0. The second-order valence-corrected chi connectivity index (χ2v) is 6.38. The van der Waals surface area contributed by atoms with Crippen molar-refractivity contribution >= 4 is 22.4 Å². The minimum Gasteiger partial charge on any atom is -0.302 e. The maximum absolute atomic E-state index is 11.5. The number of nitrogens with one attached hydrogen (secondary N) is 1. The van der Waals surface area contributed by atoms with Crippen molar-refractivity contribution < 1.29 is 4.79 Å². The Morgan fingerprint density at radius 3 is 2.62 bits per heavy atom. The summed E-state index contributed by atoms with van der Waals surface area (Å²) < 4.78 is 0. The zero-order valence-corrected chi connectivity index (χ0v) is 11.4. The van der Waals surface area contributed by atoms with E-state index in [9.17, 15) is 4.79 Å². The second-order valence-electron chi connectivity index (χ2n) is 5.53. The summed E-state index contributed by atoms with van der Waals surface area (Å²) in [5, 5.41) is 5.54. The first-order valence-electron chi connectivity index (χ1n) is 5.53. The number of anilines is 1. The molecule has 1 N–H and O–H groups in total. The molecule has 0 aliphatic carbocycles. The van der Waals surface area contributed by atoms with Crippen molar-refractivity contribution in [1.29, 1.82) is 0 Å². The van der Waals surface area contributed by atoms with Crippen LogP contribution in [0.3, 0.4) is 0 Å². The first-order valence-corrected chi connectivity index (χ1v) is 6.41. The Morgan fingerprint density at radius 2 is 2.12 bits per heavy atom. The number of amides is 1. The van der Waals surface area contributed by atoms with Crippen LogP contribution in [0.5, 0.6) is 0 Å². The average Bonchev–Trinajstić information content (AvgIpc) is 2.49. The highest BCUT2D eigenvalue weighted by Crippen LogP contribution is 2.24. The Morgan fingerprint density at radius 1 is 1.50 bits per heavy atom. The molecule has 0 bridgehead atoms. The maximum Gasteiger partial charge on any atom is 0.228 e. The summed E-state index contributed by atoms with van der Waals surface area (Å²) in [5.41, 5.74) is 1.28. The molecule has 0 saturated heterocycles. The van der Waals surface area contributed by atoms with Crippen LogP contribution in [0, 0.1) is 11.3 Å². The molecule has 1 heterocycles. The Kier molecular flexibility index (Phi) is 4.08. The van der Waals surface area contributed by atoms with Gasteiger partial charge >= 0.3 is 0 Å². The van der Waals surface area contributed by atoms with Crippen molar-refractivity contribution in [2.75, 3.05) is 5.32 Å². The van der Waals surface area contributed by atoms with E-state index < -0.39 is 0 Å². The largest absolute Gasteiger partial charge is 0.302 e. The van der Waals surface area contributed by atoms with E-state index in [1.54, 1.807) is 0 Å². The van der Waals surface area contributed by atoms with E-state index in [1.807, 2.05) is 19.2 Å². The van der Waals surface area contributed by atoms with Crippen molar-refractivity contribution in [2.24, 2.45) is 11.3 Å². The number of hydrogen-bond donors (Lipinski definition) is 1. The minimum absolute atomic E-state index is 0.00466. The topological polar surface area (TPSA) is 42.0 Å². The normalized spacial score (nSPS) is 11.9. The number of rotatable bonds is 3. The summed E-state index contributed by atoms with van der Waals surface area (Å²) in [6.07, 6.45) is 0.932. The molecule has 0 spiro atoms. The second kappa shape index (κ2) is 4.95. The van der Waals surface area contributed by atoms with Crippen LogP contribution >= 0.6 is 11.3 Å². The SMILES string of the molecule is CC(C)C(=O)Nc1nc(CC(C)(C)C)cs1. The number of nitrogens with zero attached hydrogens (tertiary/aromatic N) is 1. The van der Waals surface area contributed by atoms with Crippen LogP contribution in [-0.2, 0) is 11.2 Å². The van der Waals surface area contributed by atoms with Crippen molar-refractivity contribution in [1.82, 2.24) is 4.98 Å². The third-order valence-electron chi connectivity index (χ3n) is 2.02. The molecule has 1 amide bonds. The van der Waals surface area contributed by atoms with Gasteiger partial charge < -0.3 is 5.32 Å². The standard InChI is InChI=1S/C12H20N2OS/c1-8(2)10(15)14-11-13-9(7-16-11)6-12(3,4)5/h7-8H,6H2,1-5H3,(H,13,14,15). The average molecular weight is 240 g/mol. The van der Waals surface area contributed by atoms with Gasteiger partial charge in [-0.05, 0) is 11.8 Å². The smallest absolute Gasteiger partial charge is 0.228 e. The van der Waals surface area contributed by atoms with Gasteiger partial charge in [0.2, 0.25) is 5.91 Å². The number of hydrogen-bond acceptors (Lipinski definition) is 3. The van der Waals surface area contributed by atoms with Gasteiger partial charge in [-0.1, -0.05) is 34.6 Å². The summed E-state index contributed by atoms with van der Waals surface area (Å²) in [6, 6.07) is 0. The lowest BCUT2D eigenvalue weighted by molar-refractivity contribution is -0.118. The van der Waals surface area contributed by atoms with Gasteiger partial charge in [0.15, 0.2) is 5.13 Å². The van der Waals surface area contributed by atoms with Gasteiger partial charge in [0, 0.05) is 11.3 Å². The summed E-state index contributed by atoms with van der Waals surface area (Å²) in [6.45, 7) is 10.3. The highest BCUT2D eigenvalue weighted by Gasteiger charge is 2.15. The van der Waals surface area contributed by atoms with Crippen LogP contribution in [0.2, 0.25) is 0 Å². The Bertz CT molecular complexity index is 363. The molecule has 0 saturated carbocycles. The van der Waals surface area contributed by atoms with E-state index >= 15 is 0 Å². The van der Waals surface area contributed by atoms with Crippen LogP contribution < -0.4 is 5.32 Å². The molecule has 90 valence electrons. The van der Waals surface area contributed by atoms with Gasteiger partial charge in [0.1, 0.15) is 0 Å². The summed E-state index contributed by atoms with van der Waals surface area (Å²) in [5.74, 6) is 0.0200. The Labute approximate surface area is 101 Å². The zero-order valence-electron chi connectivity index (χ0n) is 10.6. The van der Waals surface area contributed by atoms with E-state index in [0.29, 0.717) is 5.13 Å². The molecule has 0 aromatic carbocycles.